The molecule has 0 aromatic heterocycles. The summed E-state index contributed by atoms with van der Waals surface area (Å²) < 4.78 is 16.9. The van der Waals surface area contributed by atoms with Crippen LogP contribution in [0.5, 0.6) is 11.5 Å². The Morgan fingerprint density at radius 3 is 2.53 bits per heavy atom. The van der Waals surface area contributed by atoms with E-state index in [0.29, 0.717) is 25.5 Å². The van der Waals surface area contributed by atoms with Crippen LogP contribution in [0.2, 0.25) is 0 Å². The van der Waals surface area contributed by atoms with E-state index in [1.54, 1.807) is 7.11 Å². The minimum Gasteiger partial charge on any atom is -0.496 e. The topological polar surface area (TPSA) is 56.8 Å². The molecule has 0 aliphatic carbocycles. The van der Waals surface area contributed by atoms with Crippen molar-refractivity contribution in [3.8, 4) is 11.5 Å². The molecule has 1 heterocycles. The third-order valence-corrected chi connectivity index (χ3v) is 5.84. The molecular weight excluding hydrogens is 378 g/mol. The lowest BCUT2D eigenvalue weighted by Gasteiger charge is -2.38. The molecule has 1 aliphatic heterocycles. The van der Waals surface area contributed by atoms with Gasteiger partial charge in [-0.2, -0.15) is 0 Å². The molecule has 0 spiro atoms. The molecule has 3 aromatic rings. The summed E-state index contributed by atoms with van der Waals surface area (Å²) in [6.45, 7) is 1.84. The van der Waals surface area contributed by atoms with Crippen molar-refractivity contribution in [2.45, 2.75) is 18.3 Å². The highest BCUT2D eigenvalue weighted by Gasteiger charge is 2.37. The van der Waals surface area contributed by atoms with Crippen molar-refractivity contribution >= 4 is 16.7 Å². The van der Waals surface area contributed by atoms with E-state index in [-0.39, 0.29) is 17.9 Å². The zero-order chi connectivity index (χ0) is 20.8. The molecule has 5 heteroatoms. The van der Waals surface area contributed by atoms with Gasteiger partial charge in [0.1, 0.15) is 11.5 Å². The Kier molecular flexibility index (Phi) is 6.19. The number of benzene rings is 3. The second-order valence-corrected chi connectivity index (χ2v) is 7.67. The summed E-state index contributed by atoms with van der Waals surface area (Å²) in [4.78, 5) is 12.6. The number of hydrogen-bond acceptors (Lipinski definition) is 4. The predicted molar refractivity (Wildman–Crippen MR) is 117 cm³/mol. The third-order valence-electron chi connectivity index (χ3n) is 5.84. The highest BCUT2D eigenvalue weighted by molar-refractivity contribution is 5.84. The van der Waals surface area contributed by atoms with Gasteiger partial charge in [-0.1, -0.05) is 48.5 Å². The summed E-state index contributed by atoms with van der Waals surface area (Å²) in [6, 6.07) is 22.0. The lowest BCUT2D eigenvalue weighted by Crippen LogP contribution is -2.45. The van der Waals surface area contributed by atoms with E-state index < -0.39 is 0 Å². The summed E-state index contributed by atoms with van der Waals surface area (Å²) in [7, 11) is 1.68. The SMILES string of the molecule is COc1ccccc1C1(CNC(=O)COc2ccc3ccccc3c2)CCOCC1. The van der Waals surface area contributed by atoms with Gasteiger partial charge in [0.25, 0.3) is 5.91 Å². The molecule has 4 rings (SSSR count). The molecule has 0 radical (unpaired) electrons. The number of rotatable bonds is 7. The smallest absolute Gasteiger partial charge is 0.257 e. The van der Waals surface area contributed by atoms with Gasteiger partial charge in [0.05, 0.1) is 7.11 Å². The van der Waals surface area contributed by atoms with Gasteiger partial charge in [-0.15, -0.1) is 0 Å². The van der Waals surface area contributed by atoms with Crippen molar-refractivity contribution in [3.05, 3.63) is 72.3 Å². The molecule has 0 atom stereocenters. The van der Waals surface area contributed by atoms with Gasteiger partial charge in [0.2, 0.25) is 0 Å². The molecule has 1 fully saturated rings. The van der Waals surface area contributed by atoms with E-state index in [0.717, 1.165) is 34.9 Å². The van der Waals surface area contributed by atoms with Crippen molar-refractivity contribution in [2.24, 2.45) is 0 Å². The van der Waals surface area contributed by atoms with Crippen molar-refractivity contribution in [2.75, 3.05) is 33.5 Å². The number of hydrogen-bond donors (Lipinski definition) is 1. The highest BCUT2D eigenvalue weighted by atomic mass is 16.5. The van der Waals surface area contributed by atoms with Gasteiger partial charge in [0, 0.05) is 30.7 Å². The van der Waals surface area contributed by atoms with Gasteiger partial charge in [-0.3, -0.25) is 4.79 Å². The van der Waals surface area contributed by atoms with Crippen LogP contribution in [0.4, 0.5) is 0 Å². The van der Waals surface area contributed by atoms with Gasteiger partial charge in [-0.25, -0.2) is 0 Å². The first-order valence-corrected chi connectivity index (χ1v) is 10.3. The summed E-state index contributed by atoms with van der Waals surface area (Å²) >= 11 is 0. The number of carbonyl (C=O) groups is 1. The Morgan fingerprint density at radius 2 is 1.73 bits per heavy atom. The fraction of sp³-hybridized carbons (Fsp3) is 0.320. The van der Waals surface area contributed by atoms with Crippen LogP contribution in [0.1, 0.15) is 18.4 Å². The quantitative estimate of drug-likeness (QED) is 0.643. The van der Waals surface area contributed by atoms with Crippen LogP contribution >= 0.6 is 0 Å². The molecule has 156 valence electrons. The average molecular weight is 405 g/mol. The largest absolute Gasteiger partial charge is 0.496 e. The Hall–Kier alpha value is -3.05. The van der Waals surface area contributed by atoms with E-state index in [9.17, 15) is 4.79 Å². The monoisotopic (exact) mass is 405 g/mol. The number of para-hydroxylation sites is 1. The van der Waals surface area contributed by atoms with Crippen LogP contribution in [0.15, 0.2) is 66.7 Å². The van der Waals surface area contributed by atoms with Crippen LogP contribution in [0.3, 0.4) is 0 Å². The highest BCUT2D eigenvalue weighted by Crippen LogP contribution is 2.39. The zero-order valence-corrected chi connectivity index (χ0v) is 17.2. The summed E-state index contributed by atoms with van der Waals surface area (Å²) in [5.41, 5.74) is 0.912. The van der Waals surface area contributed by atoms with Gasteiger partial charge in [0.15, 0.2) is 6.61 Å². The Bertz CT molecular complexity index is 1010. The molecule has 0 unspecified atom stereocenters. The standard InChI is InChI=1S/C25H27NO4/c1-28-23-9-5-4-8-22(23)25(12-14-29-15-13-25)18-26-24(27)17-30-21-11-10-19-6-2-3-7-20(19)16-21/h2-11,16H,12-15,17-18H2,1H3,(H,26,27). The zero-order valence-electron chi connectivity index (χ0n) is 17.2. The molecular formula is C25H27NO4. The molecule has 30 heavy (non-hydrogen) atoms. The van der Waals surface area contributed by atoms with E-state index in [1.165, 1.54) is 0 Å². The summed E-state index contributed by atoms with van der Waals surface area (Å²) in [6.07, 6.45) is 1.67. The average Bonchev–Trinajstić information content (AvgIpc) is 2.82. The number of fused-ring (bicyclic) bond motifs is 1. The van der Waals surface area contributed by atoms with Crippen molar-refractivity contribution < 1.29 is 19.0 Å². The van der Waals surface area contributed by atoms with Gasteiger partial charge >= 0.3 is 0 Å². The molecule has 3 aromatic carbocycles. The minimum absolute atomic E-state index is 0.0170. The molecule has 0 bridgehead atoms. The van der Waals surface area contributed by atoms with Crippen LogP contribution < -0.4 is 14.8 Å². The van der Waals surface area contributed by atoms with E-state index >= 15 is 0 Å². The second kappa shape index (κ2) is 9.18. The van der Waals surface area contributed by atoms with Crippen LogP contribution in [-0.4, -0.2) is 39.4 Å². The molecule has 1 N–H and O–H groups in total. The summed E-state index contributed by atoms with van der Waals surface area (Å²) in [5.74, 6) is 1.40. The normalized spacial score (nSPS) is 15.5. The fourth-order valence-corrected chi connectivity index (χ4v) is 4.11. The van der Waals surface area contributed by atoms with Crippen LogP contribution in [-0.2, 0) is 14.9 Å². The molecule has 1 amide bonds. The molecule has 5 nitrogen and oxygen atoms in total. The number of methoxy groups -OCH3 is 1. The van der Waals surface area contributed by atoms with Crippen molar-refractivity contribution in [3.63, 3.8) is 0 Å². The lowest BCUT2D eigenvalue weighted by atomic mass is 9.73. The first-order valence-electron chi connectivity index (χ1n) is 10.3. The molecule has 0 saturated carbocycles. The number of nitrogens with one attached hydrogen (secondary N) is 1. The van der Waals surface area contributed by atoms with E-state index in [1.807, 2.05) is 54.6 Å². The van der Waals surface area contributed by atoms with Gasteiger partial charge < -0.3 is 19.5 Å². The van der Waals surface area contributed by atoms with Crippen molar-refractivity contribution in [1.29, 1.82) is 0 Å². The number of amides is 1. The summed E-state index contributed by atoms with van der Waals surface area (Å²) in [5, 5.41) is 5.31. The number of carbonyl (C=O) groups excluding carboxylic acids is 1. The van der Waals surface area contributed by atoms with Crippen LogP contribution in [0, 0.1) is 0 Å². The maximum absolute atomic E-state index is 12.6. The third kappa shape index (κ3) is 4.41. The Balaban J connectivity index is 1.41. The Labute approximate surface area is 177 Å². The van der Waals surface area contributed by atoms with Crippen molar-refractivity contribution in [1.82, 2.24) is 5.32 Å². The maximum Gasteiger partial charge on any atom is 0.257 e. The lowest BCUT2D eigenvalue weighted by molar-refractivity contribution is -0.123. The second-order valence-electron chi connectivity index (χ2n) is 7.67. The first kappa shape index (κ1) is 20.2. The maximum atomic E-state index is 12.6. The van der Waals surface area contributed by atoms with E-state index in [2.05, 4.69) is 17.4 Å². The minimum atomic E-state index is -0.205. The first-order chi connectivity index (χ1) is 14.7. The van der Waals surface area contributed by atoms with Gasteiger partial charge in [-0.05, 0) is 41.8 Å². The predicted octanol–water partition coefficient (Wildman–Crippen LogP) is 4.09. The van der Waals surface area contributed by atoms with Crippen LogP contribution in [0.25, 0.3) is 10.8 Å². The number of ether oxygens (including phenoxy) is 3. The molecule has 1 saturated heterocycles. The van der Waals surface area contributed by atoms with E-state index in [4.69, 9.17) is 14.2 Å². The molecule has 1 aliphatic rings. The Morgan fingerprint density at radius 1 is 1.00 bits per heavy atom. The fourth-order valence-electron chi connectivity index (χ4n) is 4.11.